The number of pyridine rings is 1. The minimum Gasteiger partial charge on any atom is -0.478 e. The van der Waals surface area contributed by atoms with Gasteiger partial charge in [0.2, 0.25) is 5.91 Å². The molecular formula is C27H18N2O5. The lowest BCUT2D eigenvalue weighted by atomic mass is 10.0. The summed E-state index contributed by atoms with van der Waals surface area (Å²) in [6, 6.07) is 22.2. The van der Waals surface area contributed by atoms with E-state index in [0.717, 1.165) is 17.2 Å². The number of para-hydroxylation sites is 2. The third-order valence-electron chi connectivity index (χ3n) is 5.56. The van der Waals surface area contributed by atoms with Crippen LogP contribution < -0.4 is 10.9 Å². The molecule has 0 saturated carbocycles. The highest BCUT2D eigenvalue weighted by atomic mass is 16.4. The number of hydrogen-bond donors (Lipinski definition) is 2. The Morgan fingerprint density at radius 3 is 2.35 bits per heavy atom. The Morgan fingerprint density at radius 1 is 0.912 bits per heavy atom. The number of hydrogen-bond acceptors (Lipinski definition) is 4. The first-order valence-electron chi connectivity index (χ1n) is 10.4. The molecule has 0 aliphatic rings. The zero-order chi connectivity index (χ0) is 23.8. The fourth-order valence-electron chi connectivity index (χ4n) is 3.96. The average Bonchev–Trinajstić information content (AvgIpc) is 3.22. The molecule has 5 aromatic rings. The van der Waals surface area contributed by atoms with Crippen molar-refractivity contribution in [3.8, 4) is 16.8 Å². The quantitative estimate of drug-likeness (QED) is 0.357. The van der Waals surface area contributed by atoms with Crippen molar-refractivity contribution in [3.63, 3.8) is 0 Å². The average molecular weight is 450 g/mol. The summed E-state index contributed by atoms with van der Waals surface area (Å²) in [5.74, 6) is -1.38. The number of benzene rings is 3. The Hall–Kier alpha value is -4.91. The van der Waals surface area contributed by atoms with Crippen LogP contribution in [0.3, 0.4) is 0 Å². The van der Waals surface area contributed by atoms with Gasteiger partial charge >= 0.3 is 5.97 Å². The van der Waals surface area contributed by atoms with Crippen molar-refractivity contribution in [2.75, 3.05) is 5.32 Å². The van der Waals surface area contributed by atoms with E-state index in [9.17, 15) is 14.4 Å². The minimum atomic E-state index is -0.992. The highest BCUT2D eigenvalue weighted by molar-refractivity contribution is 6.06. The molecule has 0 radical (unpaired) electrons. The molecule has 0 bridgehead atoms. The number of amides is 1. The molecule has 7 heteroatoms. The standard InChI is InChI=1S/C27H18N2O5/c1-2-24(30)28-20-5-3-4-6-21(20)29-25(31)14-13-23-26(29)19-15-18(11-12-22(19)34-23)16-7-9-17(10-8-16)27(32)33/h2-15H,1H2,(H,28,30)(H,32,33). The second kappa shape index (κ2) is 8.22. The van der Waals surface area contributed by atoms with Gasteiger partial charge in [-0.05, 0) is 59.7 Å². The molecule has 0 aliphatic heterocycles. The lowest BCUT2D eigenvalue weighted by molar-refractivity contribution is -0.111. The van der Waals surface area contributed by atoms with E-state index in [0.29, 0.717) is 33.4 Å². The van der Waals surface area contributed by atoms with Crippen LogP contribution in [0.4, 0.5) is 5.69 Å². The summed E-state index contributed by atoms with van der Waals surface area (Å²) in [5, 5.41) is 12.6. The van der Waals surface area contributed by atoms with Gasteiger partial charge in [0.15, 0.2) is 5.58 Å². The van der Waals surface area contributed by atoms with Crippen molar-refractivity contribution in [2.45, 2.75) is 0 Å². The molecule has 0 fully saturated rings. The van der Waals surface area contributed by atoms with Gasteiger partial charge in [0.1, 0.15) is 11.1 Å². The number of nitrogens with one attached hydrogen (secondary N) is 1. The van der Waals surface area contributed by atoms with Gasteiger partial charge in [-0.1, -0.05) is 36.9 Å². The first-order valence-corrected chi connectivity index (χ1v) is 10.4. The number of nitrogens with zero attached hydrogens (tertiary/aromatic N) is 1. The second-order valence-electron chi connectivity index (χ2n) is 7.63. The number of aromatic carboxylic acids is 1. The molecule has 166 valence electrons. The third kappa shape index (κ3) is 3.55. The van der Waals surface area contributed by atoms with Gasteiger partial charge in [-0.2, -0.15) is 0 Å². The predicted molar refractivity (Wildman–Crippen MR) is 131 cm³/mol. The summed E-state index contributed by atoms with van der Waals surface area (Å²) >= 11 is 0. The molecule has 0 saturated heterocycles. The Bertz CT molecular complexity index is 1660. The maximum Gasteiger partial charge on any atom is 0.335 e. The number of aromatic nitrogens is 1. The van der Waals surface area contributed by atoms with Crippen molar-refractivity contribution < 1.29 is 19.1 Å². The number of rotatable bonds is 5. The molecule has 0 spiro atoms. The molecule has 2 aromatic heterocycles. The number of carbonyl (C=O) groups excluding carboxylic acids is 1. The Kier molecular flexibility index (Phi) is 5.07. The normalized spacial score (nSPS) is 10.9. The summed E-state index contributed by atoms with van der Waals surface area (Å²) in [4.78, 5) is 36.2. The summed E-state index contributed by atoms with van der Waals surface area (Å²) in [6.45, 7) is 3.48. The van der Waals surface area contributed by atoms with E-state index in [4.69, 9.17) is 9.52 Å². The van der Waals surface area contributed by atoms with Crippen LogP contribution in [0.15, 0.2) is 101 Å². The summed E-state index contributed by atoms with van der Waals surface area (Å²) < 4.78 is 7.52. The van der Waals surface area contributed by atoms with E-state index < -0.39 is 11.9 Å². The van der Waals surface area contributed by atoms with Crippen LogP contribution in [-0.2, 0) is 4.79 Å². The zero-order valence-corrected chi connectivity index (χ0v) is 17.8. The van der Waals surface area contributed by atoms with Crippen molar-refractivity contribution in [1.82, 2.24) is 4.57 Å². The van der Waals surface area contributed by atoms with Crippen LogP contribution in [-0.4, -0.2) is 21.6 Å². The van der Waals surface area contributed by atoms with E-state index >= 15 is 0 Å². The molecule has 7 nitrogen and oxygen atoms in total. The monoisotopic (exact) mass is 450 g/mol. The number of furan rings is 1. The van der Waals surface area contributed by atoms with Crippen molar-refractivity contribution >= 4 is 39.6 Å². The maximum atomic E-state index is 13.1. The van der Waals surface area contributed by atoms with Crippen molar-refractivity contribution in [3.05, 3.63) is 107 Å². The lowest BCUT2D eigenvalue weighted by Gasteiger charge is -2.13. The van der Waals surface area contributed by atoms with Gasteiger partial charge in [0.25, 0.3) is 5.56 Å². The topological polar surface area (TPSA) is 102 Å². The van der Waals surface area contributed by atoms with E-state index in [2.05, 4.69) is 11.9 Å². The molecule has 0 unspecified atom stereocenters. The molecule has 0 atom stereocenters. The summed E-state index contributed by atoms with van der Waals surface area (Å²) in [5.41, 5.74) is 4.19. The fraction of sp³-hybridized carbons (Fsp3) is 0. The predicted octanol–water partition coefficient (Wildman–Crippen LogP) is 5.23. The van der Waals surface area contributed by atoms with Crippen LogP contribution in [0, 0.1) is 0 Å². The molecule has 5 rings (SSSR count). The van der Waals surface area contributed by atoms with Gasteiger partial charge in [0.05, 0.1) is 16.9 Å². The Labute approximate surface area is 193 Å². The number of fused-ring (bicyclic) bond motifs is 3. The number of carbonyl (C=O) groups is 2. The van der Waals surface area contributed by atoms with Crippen LogP contribution in [0.1, 0.15) is 10.4 Å². The zero-order valence-electron chi connectivity index (χ0n) is 17.8. The van der Waals surface area contributed by atoms with Crippen LogP contribution >= 0.6 is 0 Å². The number of anilines is 1. The molecule has 3 aromatic carbocycles. The van der Waals surface area contributed by atoms with E-state index in [1.807, 2.05) is 18.2 Å². The Balaban J connectivity index is 1.75. The second-order valence-corrected chi connectivity index (χ2v) is 7.63. The third-order valence-corrected chi connectivity index (χ3v) is 5.56. The smallest absolute Gasteiger partial charge is 0.335 e. The number of carboxylic acid groups (broad SMARTS) is 1. The van der Waals surface area contributed by atoms with Gasteiger partial charge in [-0.15, -0.1) is 0 Å². The molecule has 2 N–H and O–H groups in total. The van der Waals surface area contributed by atoms with Gasteiger partial charge in [-0.25, -0.2) is 4.79 Å². The fourth-order valence-corrected chi connectivity index (χ4v) is 3.96. The Morgan fingerprint density at radius 2 is 1.62 bits per heavy atom. The largest absolute Gasteiger partial charge is 0.478 e. The molecule has 2 heterocycles. The van der Waals surface area contributed by atoms with Gasteiger partial charge in [-0.3, -0.25) is 14.2 Å². The maximum absolute atomic E-state index is 13.1. The lowest BCUT2D eigenvalue weighted by Crippen LogP contribution is -2.19. The van der Waals surface area contributed by atoms with Gasteiger partial charge in [0, 0.05) is 11.5 Å². The van der Waals surface area contributed by atoms with Crippen molar-refractivity contribution in [1.29, 1.82) is 0 Å². The van der Waals surface area contributed by atoms with Crippen LogP contribution in [0.2, 0.25) is 0 Å². The highest BCUT2D eigenvalue weighted by Gasteiger charge is 2.17. The summed E-state index contributed by atoms with van der Waals surface area (Å²) in [6.07, 6.45) is 1.16. The molecule has 34 heavy (non-hydrogen) atoms. The minimum absolute atomic E-state index is 0.200. The van der Waals surface area contributed by atoms with E-state index in [1.54, 1.807) is 54.6 Å². The number of carboxylic acids is 1. The van der Waals surface area contributed by atoms with Crippen LogP contribution in [0.25, 0.3) is 38.9 Å². The first-order chi connectivity index (χ1) is 16.5. The van der Waals surface area contributed by atoms with Crippen LogP contribution in [0.5, 0.6) is 0 Å². The van der Waals surface area contributed by atoms with Crippen molar-refractivity contribution in [2.24, 2.45) is 0 Å². The van der Waals surface area contributed by atoms with Gasteiger partial charge < -0.3 is 14.8 Å². The van der Waals surface area contributed by atoms with E-state index in [1.165, 1.54) is 10.6 Å². The molecular weight excluding hydrogens is 432 g/mol. The van der Waals surface area contributed by atoms with E-state index in [-0.39, 0.29) is 11.1 Å². The molecule has 0 aliphatic carbocycles. The SMILES string of the molecule is C=CC(=O)Nc1ccccc1-n1c(=O)ccc2oc3ccc(-c4ccc(C(=O)O)cc4)cc3c21. The highest BCUT2D eigenvalue weighted by Crippen LogP contribution is 2.34. The molecule has 1 amide bonds. The first kappa shape index (κ1) is 21.0. The summed E-state index contributed by atoms with van der Waals surface area (Å²) in [7, 11) is 0.